The highest BCUT2D eigenvalue weighted by atomic mass is 32.3. The number of benzene rings is 2. The van der Waals surface area contributed by atoms with Gasteiger partial charge in [-0.1, -0.05) is 72.8 Å². The third-order valence-corrected chi connectivity index (χ3v) is 8.20. The number of rotatable bonds is 11. The summed E-state index contributed by atoms with van der Waals surface area (Å²) in [4.78, 5) is 12.4. The second-order valence-corrected chi connectivity index (χ2v) is 10.6. The molecule has 7 heteroatoms. The topological polar surface area (TPSA) is 72.8 Å². The molecular formula is C22H29NO4S2. The second-order valence-electron chi connectivity index (χ2n) is 6.83. The van der Waals surface area contributed by atoms with Crippen LogP contribution in [0.5, 0.6) is 5.75 Å². The van der Waals surface area contributed by atoms with Gasteiger partial charge >= 0.3 is 5.97 Å². The summed E-state index contributed by atoms with van der Waals surface area (Å²) in [6.45, 7) is 4.04. The number of unbranched alkanes of at least 4 members (excludes halogenated alkanes) is 3. The van der Waals surface area contributed by atoms with E-state index >= 15 is 0 Å². The lowest BCUT2D eigenvalue weighted by atomic mass is 10.2. The Bertz CT molecular complexity index is 908. The first kappa shape index (κ1) is 23.3. The average molecular weight is 436 g/mol. The minimum atomic E-state index is -3.74. The highest BCUT2D eigenvalue weighted by Crippen LogP contribution is 2.16. The minimum absolute atomic E-state index is 0.138. The summed E-state index contributed by atoms with van der Waals surface area (Å²) in [5, 5.41) is 0. The molecule has 2 rings (SSSR count). The number of sulfonamides is 1. The van der Waals surface area contributed by atoms with Gasteiger partial charge in [0.05, 0.1) is 11.3 Å². The molecule has 29 heavy (non-hydrogen) atoms. The first-order chi connectivity index (χ1) is 13.9. The molecule has 0 N–H and O–H groups in total. The normalized spacial score (nSPS) is 12.6. The van der Waals surface area contributed by atoms with Crippen LogP contribution in [0.25, 0.3) is 0 Å². The van der Waals surface area contributed by atoms with Crippen LogP contribution in [0.1, 0.15) is 44.6 Å². The zero-order valence-electron chi connectivity index (χ0n) is 17.0. The SMILES string of the molecule is CCCCCCS(CCC(=O)Oc1ccccc1)=NS(=O)(=O)c1ccc(C)cc1. The van der Waals surface area contributed by atoms with E-state index in [1.54, 1.807) is 48.5 Å². The Kier molecular flexibility index (Phi) is 9.54. The number of ether oxygens (including phenoxy) is 1. The van der Waals surface area contributed by atoms with E-state index in [1.807, 2.05) is 13.0 Å². The molecule has 0 fully saturated rings. The summed E-state index contributed by atoms with van der Waals surface area (Å²) in [6, 6.07) is 15.6. The molecule has 0 amide bonds. The molecule has 2 aromatic carbocycles. The molecule has 2 aromatic rings. The van der Waals surface area contributed by atoms with E-state index in [1.165, 1.54) is 0 Å². The Balaban J connectivity index is 2.07. The summed E-state index contributed by atoms with van der Waals surface area (Å²) in [5.74, 6) is 1.17. The molecule has 0 aliphatic carbocycles. The standard InChI is InChI=1S/C22H29NO4S2/c1-3-4-5-9-17-28(18-16-22(24)27-20-10-7-6-8-11-20)23-29(25,26)21-14-12-19(2)13-15-21/h6-8,10-15H,3-5,9,16-18H2,1-2H3. The quantitative estimate of drug-likeness (QED) is 0.281. The van der Waals surface area contributed by atoms with Crippen molar-refractivity contribution in [3.8, 4) is 5.75 Å². The molecule has 0 radical (unpaired) electrons. The van der Waals surface area contributed by atoms with E-state index in [9.17, 15) is 13.2 Å². The van der Waals surface area contributed by atoms with Crippen LogP contribution < -0.4 is 4.74 Å². The maximum atomic E-state index is 12.7. The Hall–Kier alpha value is -1.99. The second kappa shape index (κ2) is 11.9. The number of carbonyl (C=O) groups is 1. The van der Waals surface area contributed by atoms with Crippen molar-refractivity contribution in [1.82, 2.24) is 0 Å². The fraction of sp³-hybridized carbons (Fsp3) is 0.409. The lowest BCUT2D eigenvalue weighted by Gasteiger charge is -2.09. The highest BCUT2D eigenvalue weighted by molar-refractivity contribution is 8.00. The fourth-order valence-corrected chi connectivity index (χ4v) is 6.31. The molecule has 0 bridgehead atoms. The molecule has 0 aromatic heterocycles. The van der Waals surface area contributed by atoms with Crippen molar-refractivity contribution in [1.29, 1.82) is 0 Å². The zero-order valence-corrected chi connectivity index (χ0v) is 18.7. The average Bonchev–Trinajstić information content (AvgIpc) is 2.70. The lowest BCUT2D eigenvalue weighted by Crippen LogP contribution is -2.14. The van der Waals surface area contributed by atoms with Gasteiger partial charge in [-0.15, -0.1) is 3.77 Å². The van der Waals surface area contributed by atoms with E-state index in [4.69, 9.17) is 4.74 Å². The molecule has 1 unspecified atom stereocenters. The van der Waals surface area contributed by atoms with Gasteiger partial charge in [-0.2, -0.15) is 8.42 Å². The number of nitrogens with zero attached hydrogens (tertiary/aromatic N) is 1. The molecular weight excluding hydrogens is 406 g/mol. The van der Waals surface area contributed by atoms with Crippen LogP contribution in [0.3, 0.4) is 0 Å². The maximum Gasteiger partial charge on any atom is 0.312 e. The first-order valence-electron chi connectivity index (χ1n) is 9.89. The predicted molar refractivity (Wildman–Crippen MR) is 119 cm³/mol. The van der Waals surface area contributed by atoms with Crippen LogP contribution in [-0.4, -0.2) is 25.9 Å². The molecule has 1 atom stereocenters. The van der Waals surface area contributed by atoms with Crippen LogP contribution in [-0.2, 0) is 25.5 Å². The fourth-order valence-electron chi connectivity index (χ4n) is 2.64. The third-order valence-electron chi connectivity index (χ3n) is 4.27. The summed E-state index contributed by atoms with van der Waals surface area (Å²) in [7, 11) is -4.49. The van der Waals surface area contributed by atoms with Crippen molar-refractivity contribution in [2.75, 3.05) is 11.5 Å². The van der Waals surface area contributed by atoms with Gasteiger partial charge in [0.25, 0.3) is 10.0 Å². The van der Waals surface area contributed by atoms with E-state index in [2.05, 4.69) is 10.7 Å². The van der Waals surface area contributed by atoms with Crippen LogP contribution in [0.4, 0.5) is 0 Å². The summed E-state index contributed by atoms with van der Waals surface area (Å²) in [5.41, 5.74) is 0.992. The van der Waals surface area contributed by atoms with Gasteiger partial charge in [0.1, 0.15) is 5.75 Å². The van der Waals surface area contributed by atoms with Gasteiger partial charge in [0.15, 0.2) is 0 Å². The molecule has 0 saturated carbocycles. The van der Waals surface area contributed by atoms with Crippen LogP contribution in [0.15, 0.2) is 63.3 Å². The molecule has 0 aliphatic heterocycles. The predicted octanol–water partition coefficient (Wildman–Crippen LogP) is 5.06. The summed E-state index contributed by atoms with van der Waals surface area (Å²) < 4.78 is 34.9. The van der Waals surface area contributed by atoms with Crippen molar-refractivity contribution in [2.24, 2.45) is 3.77 Å². The smallest absolute Gasteiger partial charge is 0.312 e. The first-order valence-corrected chi connectivity index (χ1v) is 12.8. The molecule has 158 valence electrons. The van der Waals surface area contributed by atoms with Gasteiger partial charge in [0, 0.05) is 11.5 Å². The highest BCUT2D eigenvalue weighted by Gasteiger charge is 2.15. The van der Waals surface area contributed by atoms with Crippen LogP contribution >= 0.6 is 0 Å². The largest absolute Gasteiger partial charge is 0.427 e. The van der Waals surface area contributed by atoms with Crippen molar-refractivity contribution in [3.05, 3.63) is 60.2 Å². The van der Waals surface area contributed by atoms with E-state index in [0.717, 1.165) is 31.2 Å². The van der Waals surface area contributed by atoms with Gasteiger partial charge in [-0.05, 0) is 37.6 Å². The Morgan fingerprint density at radius 3 is 2.31 bits per heavy atom. The van der Waals surface area contributed by atoms with Crippen molar-refractivity contribution in [3.63, 3.8) is 0 Å². The Labute approximate surface area is 176 Å². The van der Waals surface area contributed by atoms with Gasteiger partial charge in [0.2, 0.25) is 0 Å². The van der Waals surface area contributed by atoms with Crippen molar-refractivity contribution >= 4 is 26.7 Å². The zero-order chi connectivity index (χ0) is 21.1. The molecule has 0 heterocycles. The molecule has 5 nitrogen and oxygen atoms in total. The van der Waals surface area contributed by atoms with Crippen molar-refractivity contribution < 1.29 is 17.9 Å². The van der Waals surface area contributed by atoms with E-state index in [-0.39, 0.29) is 17.3 Å². The Morgan fingerprint density at radius 1 is 0.966 bits per heavy atom. The van der Waals surface area contributed by atoms with Gasteiger partial charge in [-0.3, -0.25) is 4.79 Å². The molecule has 0 spiro atoms. The molecule has 0 saturated heterocycles. The third kappa shape index (κ3) is 8.50. The van der Waals surface area contributed by atoms with E-state index < -0.39 is 20.7 Å². The number of aryl methyl sites for hydroxylation is 1. The van der Waals surface area contributed by atoms with E-state index in [0.29, 0.717) is 17.3 Å². The summed E-state index contributed by atoms with van der Waals surface area (Å²) in [6.07, 6.45) is 4.29. The van der Waals surface area contributed by atoms with Gasteiger partial charge < -0.3 is 4.74 Å². The number of para-hydroxylation sites is 1. The maximum absolute atomic E-state index is 12.7. The number of esters is 1. The number of carbonyl (C=O) groups excluding carboxylic acids is 1. The molecule has 0 aliphatic rings. The van der Waals surface area contributed by atoms with Crippen molar-refractivity contribution in [2.45, 2.75) is 50.8 Å². The summed E-state index contributed by atoms with van der Waals surface area (Å²) >= 11 is 0. The van der Waals surface area contributed by atoms with Gasteiger partial charge in [-0.25, -0.2) is 0 Å². The van der Waals surface area contributed by atoms with Crippen LogP contribution in [0, 0.1) is 6.92 Å². The number of hydrogen-bond donors (Lipinski definition) is 0. The minimum Gasteiger partial charge on any atom is -0.427 e. The monoisotopic (exact) mass is 435 g/mol. The number of hydrogen-bond acceptors (Lipinski definition) is 4. The van der Waals surface area contributed by atoms with Crippen LogP contribution in [0.2, 0.25) is 0 Å². The lowest BCUT2D eigenvalue weighted by molar-refractivity contribution is -0.133. The Morgan fingerprint density at radius 2 is 1.66 bits per heavy atom.